The van der Waals surface area contributed by atoms with Crippen LogP contribution in [0.5, 0.6) is 0 Å². The molecule has 1 N–H and O–H groups in total. The van der Waals surface area contributed by atoms with E-state index in [1.54, 1.807) is 0 Å². The summed E-state index contributed by atoms with van der Waals surface area (Å²) >= 11 is 0. The van der Waals surface area contributed by atoms with Gasteiger partial charge in [-0.25, -0.2) is 0 Å². The molecule has 0 radical (unpaired) electrons. The molecule has 1 aliphatic heterocycles. The Balaban J connectivity index is 2.76. The highest BCUT2D eigenvalue weighted by molar-refractivity contribution is 5.84. The van der Waals surface area contributed by atoms with Gasteiger partial charge in [0, 0.05) is 6.04 Å². The summed E-state index contributed by atoms with van der Waals surface area (Å²) in [5, 5.41) is 3.56. The normalized spacial score (nSPS) is 26.8. The lowest BCUT2D eigenvalue weighted by atomic mass is 9.98. The zero-order chi connectivity index (χ0) is 14.4. The van der Waals surface area contributed by atoms with Gasteiger partial charge in [0.25, 0.3) is 0 Å². The lowest BCUT2D eigenvalue weighted by molar-refractivity contribution is -0.133. The first-order valence-corrected chi connectivity index (χ1v) is 8.14. The second kappa shape index (κ2) is 7.88. The minimum absolute atomic E-state index is 0.0583. The fraction of sp³-hybridized carbons (Fsp3) is 0.938. The Morgan fingerprint density at radius 2 is 1.84 bits per heavy atom. The van der Waals surface area contributed by atoms with Gasteiger partial charge < -0.3 is 4.90 Å². The van der Waals surface area contributed by atoms with Crippen molar-refractivity contribution in [3.05, 3.63) is 0 Å². The first-order chi connectivity index (χ1) is 9.06. The standard InChI is InChI=1S/C16H32N2O/c1-6-9-11-14-16(19)18(13(5)12(4)8-3)15(17-14)10-7-2/h12-15,17H,6-11H2,1-5H3. The summed E-state index contributed by atoms with van der Waals surface area (Å²) < 4.78 is 0. The summed E-state index contributed by atoms with van der Waals surface area (Å²) in [5.74, 6) is 0.898. The largest absolute Gasteiger partial charge is 0.323 e. The summed E-state index contributed by atoms with van der Waals surface area (Å²) in [7, 11) is 0. The molecule has 0 bridgehead atoms. The Morgan fingerprint density at radius 3 is 2.37 bits per heavy atom. The predicted octanol–water partition coefficient (Wildman–Crippen LogP) is 3.54. The number of nitrogens with one attached hydrogen (secondary N) is 1. The Hall–Kier alpha value is -0.570. The van der Waals surface area contributed by atoms with E-state index in [2.05, 4.69) is 44.8 Å². The molecular weight excluding hydrogens is 236 g/mol. The van der Waals surface area contributed by atoms with E-state index in [4.69, 9.17) is 0 Å². The van der Waals surface area contributed by atoms with Crippen LogP contribution in [-0.2, 0) is 4.79 Å². The summed E-state index contributed by atoms with van der Waals surface area (Å²) in [6.07, 6.45) is 6.84. The van der Waals surface area contributed by atoms with E-state index in [1.165, 1.54) is 0 Å². The van der Waals surface area contributed by atoms with Gasteiger partial charge in [0.2, 0.25) is 5.91 Å². The van der Waals surface area contributed by atoms with Crippen LogP contribution in [0, 0.1) is 5.92 Å². The van der Waals surface area contributed by atoms with E-state index in [-0.39, 0.29) is 12.2 Å². The van der Waals surface area contributed by atoms with Crippen LogP contribution in [0.2, 0.25) is 0 Å². The molecule has 0 spiro atoms. The van der Waals surface area contributed by atoms with Gasteiger partial charge in [0.1, 0.15) is 0 Å². The fourth-order valence-corrected chi connectivity index (χ4v) is 2.93. The minimum Gasteiger partial charge on any atom is -0.323 e. The quantitative estimate of drug-likeness (QED) is 0.730. The molecule has 3 heteroatoms. The zero-order valence-electron chi connectivity index (χ0n) is 13.4. The smallest absolute Gasteiger partial charge is 0.241 e. The van der Waals surface area contributed by atoms with Crippen molar-refractivity contribution in [1.29, 1.82) is 0 Å². The highest BCUT2D eigenvalue weighted by Gasteiger charge is 2.41. The highest BCUT2D eigenvalue weighted by Crippen LogP contribution is 2.25. The number of nitrogens with zero attached hydrogens (tertiary/aromatic N) is 1. The SMILES string of the molecule is CCCCC1NC(CCC)N(C(C)C(C)CC)C1=O. The molecule has 1 rings (SSSR count). The van der Waals surface area contributed by atoms with Crippen LogP contribution in [-0.4, -0.2) is 29.1 Å². The minimum atomic E-state index is 0.0583. The maximum atomic E-state index is 12.6. The van der Waals surface area contributed by atoms with Gasteiger partial charge in [-0.15, -0.1) is 0 Å². The van der Waals surface area contributed by atoms with Crippen LogP contribution in [0.3, 0.4) is 0 Å². The van der Waals surface area contributed by atoms with Gasteiger partial charge in [0.05, 0.1) is 12.2 Å². The topological polar surface area (TPSA) is 32.3 Å². The molecule has 4 atom stereocenters. The molecule has 3 nitrogen and oxygen atoms in total. The lowest BCUT2D eigenvalue weighted by Crippen LogP contribution is -2.46. The first kappa shape index (κ1) is 16.5. The van der Waals surface area contributed by atoms with Gasteiger partial charge in [-0.1, -0.05) is 53.4 Å². The second-order valence-corrected chi connectivity index (χ2v) is 6.04. The van der Waals surface area contributed by atoms with E-state index in [9.17, 15) is 4.79 Å². The number of hydrogen-bond acceptors (Lipinski definition) is 2. The van der Waals surface area contributed by atoms with E-state index in [1.807, 2.05) is 0 Å². The Morgan fingerprint density at radius 1 is 1.16 bits per heavy atom. The number of amides is 1. The molecule has 4 unspecified atom stereocenters. The predicted molar refractivity (Wildman–Crippen MR) is 80.9 cm³/mol. The van der Waals surface area contributed by atoms with Crippen molar-refractivity contribution < 1.29 is 4.79 Å². The van der Waals surface area contributed by atoms with Crippen LogP contribution in [0.15, 0.2) is 0 Å². The highest BCUT2D eigenvalue weighted by atomic mass is 16.2. The van der Waals surface area contributed by atoms with E-state index in [0.717, 1.165) is 38.5 Å². The van der Waals surface area contributed by atoms with E-state index < -0.39 is 0 Å². The number of unbranched alkanes of at least 4 members (excludes halogenated alkanes) is 1. The third-order valence-corrected chi connectivity index (χ3v) is 4.60. The molecular formula is C16H32N2O. The number of carbonyl (C=O) groups is 1. The van der Waals surface area contributed by atoms with Crippen molar-refractivity contribution in [3.8, 4) is 0 Å². The first-order valence-electron chi connectivity index (χ1n) is 8.14. The molecule has 19 heavy (non-hydrogen) atoms. The summed E-state index contributed by atoms with van der Waals surface area (Å²) in [5.41, 5.74) is 0. The Bertz CT molecular complexity index is 280. The van der Waals surface area contributed by atoms with Gasteiger partial charge in [-0.3, -0.25) is 10.1 Å². The maximum Gasteiger partial charge on any atom is 0.241 e. The molecule has 1 aliphatic rings. The van der Waals surface area contributed by atoms with Crippen LogP contribution in [0.1, 0.15) is 73.1 Å². The van der Waals surface area contributed by atoms with E-state index >= 15 is 0 Å². The van der Waals surface area contributed by atoms with Crippen molar-refractivity contribution in [2.75, 3.05) is 0 Å². The van der Waals surface area contributed by atoms with Crippen LogP contribution in [0.25, 0.3) is 0 Å². The van der Waals surface area contributed by atoms with Crippen LogP contribution >= 0.6 is 0 Å². The van der Waals surface area contributed by atoms with Gasteiger partial charge in [-0.05, 0) is 25.7 Å². The van der Waals surface area contributed by atoms with Crippen molar-refractivity contribution in [2.24, 2.45) is 5.92 Å². The summed E-state index contributed by atoms with van der Waals surface area (Å²) in [4.78, 5) is 14.8. The van der Waals surface area contributed by atoms with Gasteiger partial charge in [-0.2, -0.15) is 0 Å². The van der Waals surface area contributed by atoms with Crippen molar-refractivity contribution in [2.45, 2.75) is 91.4 Å². The third-order valence-electron chi connectivity index (χ3n) is 4.60. The summed E-state index contributed by atoms with van der Waals surface area (Å²) in [6.45, 7) is 11.0. The zero-order valence-corrected chi connectivity index (χ0v) is 13.4. The van der Waals surface area contributed by atoms with Crippen molar-refractivity contribution in [1.82, 2.24) is 10.2 Å². The molecule has 0 saturated carbocycles. The van der Waals surface area contributed by atoms with Gasteiger partial charge >= 0.3 is 0 Å². The summed E-state index contributed by atoms with van der Waals surface area (Å²) in [6, 6.07) is 0.399. The molecule has 0 aromatic carbocycles. The van der Waals surface area contributed by atoms with Crippen LogP contribution in [0.4, 0.5) is 0 Å². The van der Waals surface area contributed by atoms with Gasteiger partial charge in [0.15, 0.2) is 0 Å². The van der Waals surface area contributed by atoms with Crippen LogP contribution < -0.4 is 5.32 Å². The molecule has 1 amide bonds. The molecule has 0 aromatic rings. The Labute approximate surface area is 119 Å². The second-order valence-electron chi connectivity index (χ2n) is 6.04. The lowest BCUT2D eigenvalue weighted by Gasteiger charge is -2.33. The maximum absolute atomic E-state index is 12.6. The Kier molecular flexibility index (Phi) is 6.84. The molecule has 0 aliphatic carbocycles. The molecule has 1 heterocycles. The van der Waals surface area contributed by atoms with Crippen molar-refractivity contribution in [3.63, 3.8) is 0 Å². The average molecular weight is 268 g/mol. The van der Waals surface area contributed by atoms with Crippen molar-refractivity contribution >= 4 is 5.91 Å². The molecule has 1 saturated heterocycles. The number of rotatable bonds is 8. The average Bonchev–Trinajstić information content (AvgIpc) is 2.71. The third kappa shape index (κ3) is 3.95. The molecule has 0 aromatic heterocycles. The monoisotopic (exact) mass is 268 g/mol. The molecule has 112 valence electrons. The van der Waals surface area contributed by atoms with E-state index in [0.29, 0.717) is 17.9 Å². The molecule has 1 fully saturated rings. The number of carbonyl (C=O) groups excluding carboxylic acids is 1. The fourth-order valence-electron chi connectivity index (χ4n) is 2.93. The number of hydrogen-bond donors (Lipinski definition) is 1.